The predicted octanol–water partition coefficient (Wildman–Crippen LogP) is 3.97. The zero-order chi connectivity index (χ0) is 18.7. The summed E-state index contributed by atoms with van der Waals surface area (Å²) in [5.41, 5.74) is 0.881. The number of esters is 1. The Bertz CT molecular complexity index is 977. The molecule has 5 heteroatoms. The lowest BCUT2D eigenvalue weighted by atomic mass is 10.1. The second-order valence-electron chi connectivity index (χ2n) is 6.73. The van der Waals surface area contributed by atoms with E-state index in [0.29, 0.717) is 17.3 Å². The Hall–Kier alpha value is -2.95. The van der Waals surface area contributed by atoms with Crippen LogP contribution in [0.5, 0.6) is 0 Å². The highest BCUT2D eigenvalue weighted by Gasteiger charge is 2.20. The molecule has 1 atom stereocenters. The first-order valence-electron chi connectivity index (χ1n) is 8.73. The van der Waals surface area contributed by atoms with Gasteiger partial charge in [0.15, 0.2) is 5.69 Å². The molecule has 3 rings (SSSR count). The highest BCUT2D eigenvalue weighted by molar-refractivity contribution is 6.02. The number of rotatable bonds is 5. The van der Waals surface area contributed by atoms with Crippen molar-refractivity contribution in [2.75, 3.05) is 0 Å². The Balaban J connectivity index is 2.01. The molecular weight excluding hydrogens is 328 g/mol. The van der Waals surface area contributed by atoms with Gasteiger partial charge < -0.3 is 4.74 Å². The Morgan fingerprint density at radius 1 is 1.00 bits per heavy atom. The molecule has 0 aliphatic carbocycles. The van der Waals surface area contributed by atoms with Gasteiger partial charge in [-0.1, -0.05) is 62.4 Å². The minimum atomic E-state index is -0.532. The van der Waals surface area contributed by atoms with Crippen molar-refractivity contribution in [3.63, 3.8) is 0 Å². The van der Waals surface area contributed by atoms with Crippen molar-refractivity contribution in [2.24, 2.45) is 5.92 Å². The van der Waals surface area contributed by atoms with E-state index < -0.39 is 12.1 Å². The van der Waals surface area contributed by atoms with Gasteiger partial charge in [0.2, 0.25) is 0 Å². The molecule has 0 aliphatic heterocycles. The fourth-order valence-corrected chi connectivity index (χ4v) is 2.86. The molecule has 0 amide bonds. The topological polar surface area (TPSA) is 61.2 Å². The second-order valence-corrected chi connectivity index (χ2v) is 6.73. The summed E-state index contributed by atoms with van der Waals surface area (Å²) in [6.45, 7) is 6.26. The summed E-state index contributed by atoms with van der Waals surface area (Å²) in [5, 5.41) is 5.31. The molecule has 5 nitrogen and oxygen atoms in total. The van der Waals surface area contributed by atoms with Gasteiger partial charge in [0.1, 0.15) is 6.10 Å². The lowest BCUT2D eigenvalue weighted by molar-refractivity contribution is 0.0330. The molecule has 0 saturated carbocycles. The van der Waals surface area contributed by atoms with Crippen LogP contribution in [-0.2, 0) is 11.3 Å². The number of benzene rings is 2. The molecule has 0 unspecified atom stereocenters. The summed E-state index contributed by atoms with van der Waals surface area (Å²) in [6, 6.07) is 16.5. The molecule has 0 fully saturated rings. The number of carbonyl (C=O) groups is 1. The molecule has 134 valence electrons. The van der Waals surface area contributed by atoms with Crippen LogP contribution in [0.1, 0.15) is 42.9 Å². The van der Waals surface area contributed by atoms with Gasteiger partial charge in [-0.25, -0.2) is 9.48 Å². The molecule has 0 spiro atoms. The van der Waals surface area contributed by atoms with E-state index in [2.05, 4.69) is 5.10 Å². The molecule has 0 radical (unpaired) electrons. The van der Waals surface area contributed by atoms with Crippen LogP contribution in [0.2, 0.25) is 0 Å². The first kappa shape index (κ1) is 17.9. The van der Waals surface area contributed by atoms with Crippen molar-refractivity contribution in [2.45, 2.75) is 33.4 Å². The quantitative estimate of drug-likeness (QED) is 0.653. The minimum absolute atomic E-state index is 0.170. The van der Waals surface area contributed by atoms with E-state index in [1.54, 1.807) is 24.3 Å². The first-order valence-corrected chi connectivity index (χ1v) is 8.73. The van der Waals surface area contributed by atoms with Crippen molar-refractivity contribution in [3.05, 3.63) is 76.2 Å². The highest BCUT2D eigenvalue weighted by Crippen LogP contribution is 2.20. The van der Waals surface area contributed by atoms with Gasteiger partial charge in [-0.15, -0.1) is 0 Å². The van der Waals surface area contributed by atoms with Crippen LogP contribution in [0.25, 0.3) is 10.8 Å². The maximum atomic E-state index is 12.8. The van der Waals surface area contributed by atoms with Crippen LogP contribution in [0.4, 0.5) is 0 Å². The van der Waals surface area contributed by atoms with E-state index in [0.717, 1.165) is 5.56 Å². The number of carbonyl (C=O) groups excluding carboxylic acids is 1. The second kappa shape index (κ2) is 7.52. The van der Waals surface area contributed by atoms with Gasteiger partial charge in [-0.3, -0.25) is 4.79 Å². The van der Waals surface area contributed by atoms with Crippen molar-refractivity contribution in [1.82, 2.24) is 9.78 Å². The van der Waals surface area contributed by atoms with Crippen molar-refractivity contribution < 1.29 is 9.53 Å². The maximum absolute atomic E-state index is 12.8. The summed E-state index contributed by atoms with van der Waals surface area (Å²) >= 11 is 0. The van der Waals surface area contributed by atoms with E-state index in [1.165, 1.54) is 4.68 Å². The van der Waals surface area contributed by atoms with Gasteiger partial charge in [-0.05, 0) is 24.5 Å². The summed E-state index contributed by atoms with van der Waals surface area (Å²) in [6.07, 6.45) is -0.408. The van der Waals surface area contributed by atoms with Gasteiger partial charge in [-0.2, -0.15) is 5.10 Å². The highest BCUT2D eigenvalue weighted by atomic mass is 16.5. The summed E-state index contributed by atoms with van der Waals surface area (Å²) in [7, 11) is 0. The average Bonchev–Trinajstić information content (AvgIpc) is 2.64. The molecule has 0 saturated heterocycles. The number of nitrogens with zero attached hydrogens (tertiary/aromatic N) is 2. The molecular formula is C21H22N2O3. The SMILES string of the molecule is CC(C)Cn1nc(C(=O)O[C@@H](C)c2ccccc2)c2ccccc2c1=O. The third-order valence-electron chi connectivity index (χ3n) is 4.15. The fraction of sp³-hybridized carbons (Fsp3) is 0.286. The Labute approximate surface area is 152 Å². The zero-order valence-electron chi connectivity index (χ0n) is 15.2. The molecule has 1 heterocycles. The largest absolute Gasteiger partial charge is 0.453 e. The van der Waals surface area contributed by atoms with Crippen molar-refractivity contribution in [1.29, 1.82) is 0 Å². The average molecular weight is 350 g/mol. The number of aromatic nitrogens is 2. The number of ether oxygens (including phenoxy) is 1. The molecule has 3 aromatic rings. The lowest BCUT2D eigenvalue weighted by Crippen LogP contribution is -2.28. The van der Waals surface area contributed by atoms with Crippen LogP contribution >= 0.6 is 0 Å². The van der Waals surface area contributed by atoms with E-state index in [4.69, 9.17) is 4.74 Å². The van der Waals surface area contributed by atoms with E-state index >= 15 is 0 Å². The van der Waals surface area contributed by atoms with Crippen LogP contribution < -0.4 is 5.56 Å². The van der Waals surface area contributed by atoms with Crippen molar-refractivity contribution in [3.8, 4) is 0 Å². The number of hydrogen-bond acceptors (Lipinski definition) is 4. The zero-order valence-corrected chi connectivity index (χ0v) is 15.2. The molecule has 1 aromatic heterocycles. The number of hydrogen-bond donors (Lipinski definition) is 0. The standard InChI is InChI=1S/C21H22N2O3/c1-14(2)13-23-20(24)18-12-8-7-11-17(18)19(22-23)21(25)26-15(3)16-9-5-4-6-10-16/h4-12,14-15H,13H2,1-3H3/t15-/m0/s1. The van der Waals surface area contributed by atoms with Gasteiger partial charge >= 0.3 is 5.97 Å². The van der Waals surface area contributed by atoms with Gasteiger partial charge in [0.25, 0.3) is 5.56 Å². The Morgan fingerprint density at radius 3 is 2.27 bits per heavy atom. The lowest BCUT2D eigenvalue weighted by Gasteiger charge is -2.15. The molecule has 0 aliphatic rings. The first-order chi connectivity index (χ1) is 12.5. The Morgan fingerprint density at radius 2 is 1.62 bits per heavy atom. The smallest absolute Gasteiger partial charge is 0.360 e. The van der Waals surface area contributed by atoms with E-state index in [-0.39, 0.29) is 17.2 Å². The normalized spacial score (nSPS) is 12.3. The molecule has 0 bridgehead atoms. The fourth-order valence-electron chi connectivity index (χ4n) is 2.86. The van der Waals surface area contributed by atoms with Crippen LogP contribution in [0.3, 0.4) is 0 Å². The predicted molar refractivity (Wildman–Crippen MR) is 101 cm³/mol. The van der Waals surface area contributed by atoms with Crippen LogP contribution in [0, 0.1) is 5.92 Å². The van der Waals surface area contributed by atoms with E-state index in [9.17, 15) is 9.59 Å². The van der Waals surface area contributed by atoms with Gasteiger partial charge in [0, 0.05) is 11.9 Å². The summed E-state index contributed by atoms with van der Waals surface area (Å²) in [5.74, 6) is -0.302. The van der Waals surface area contributed by atoms with Gasteiger partial charge in [0.05, 0.1) is 5.39 Å². The maximum Gasteiger partial charge on any atom is 0.360 e. The molecule has 2 aromatic carbocycles. The summed E-state index contributed by atoms with van der Waals surface area (Å²) < 4.78 is 6.97. The summed E-state index contributed by atoms with van der Waals surface area (Å²) in [4.78, 5) is 25.4. The van der Waals surface area contributed by atoms with Crippen LogP contribution in [0.15, 0.2) is 59.4 Å². The third kappa shape index (κ3) is 3.67. The molecule has 26 heavy (non-hydrogen) atoms. The molecule has 0 N–H and O–H groups in total. The van der Waals surface area contributed by atoms with Crippen LogP contribution in [-0.4, -0.2) is 15.7 Å². The number of fused-ring (bicyclic) bond motifs is 1. The Kier molecular flexibility index (Phi) is 5.16. The van der Waals surface area contributed by atoms with Crippen molar-refractivity contribution >= 4 is 16.7 Å². The van der Waals surface area contributed by atoms with E-state index in [1.807, 2.05) is 51.1 Å². The minimum Gasteiger partial charge on any atom is -0.453 e. The third-order valence-corrected chi connectivity index (χ3v) is 4.15. The monoisotopic (exact) mass is 350 g/mol.